The highest BCUT2D eigenvalue weighted by atomic mass is 32.2. The lowest BCUT2D eigenvalue weighted by Gasteiger charge is -2.38. The lowest BCUT2D eigenvalue weighted by atomic mass is 9.88. The quantitative estimate of drug-likeness (QED) is 0.203. The van der Waals surface area contributed by atoms with E-state index in [1.165, 1.54) is 6.92 Å². The minimum Gasteiger partial charge on any atom is -0.451 e. The third-order valence-electron chi connectivity index (χ3n) is 3.81. The van der Waals surface area contributed by atoms with Crippen LogP contribution in [-0.4, -0.2) is 61.3 Å². The van der Waals surface area contributed by atoms with Gasteiger partial charge in [-0.15, -0.1) is 11.8 Å². The van der Waals surface area contributed by atoms with Crippen LogP contribution in [0.4, 0.5) is 0 Å². The van der Waals surface area contributed by atoms with Gasteiger partial charge in [0.05, 0.1) is 27.2 Å². The maximum Gasteiger partial charge on any atom is 0.303 e. The van der Waals surface area contributed by atoms with Crippen molar-refractivity contribution < 1.29 is 18.8 Å². The summed E-state index contributed by atoms with van der Waals surface area (Å²) in [4.78, 5) is 22.9. The van der Waals surface area contributed by atoms with Crippen molar-refractivity contribution in [2.75, 3.05) is 39.5 Å². The molecule has 0 rings (SSSR count). The molecule has 1 unspecified atom stereocenters. The van der Waals surface area contributed by atoms with Crippen molar-refractivity contribution >= 4 is 23.6 Å². The lowest BCUT2D eigenvalue weighted by molar-refractivity contribution is -0.894. The van der Waals surface area contributed by atoms with Crippen LogP contribution < -0.4 is 5.32 Å². The summed E-state index contributed by atoms with van der Waals surface area (Å²) in [6.45, 7) is 15.9. The van der Waals surface area contributed by atoms with Crippen molar-refractivity contribution in [2.45, 2.75) is 46.5 Å². The molecule has 0 radical (unpaired) electrons. The second kappa shape index (κ2) is 10.1. The molecule has 0 bridgehead atoms. The highest BCUT2D eigenvalue weighted by Gasteiger charge is 2.31. The number of nitrogens with one attached hydrogen (secondary N) is 1. The second-order valence-corrected chi connectivity index (χ2v) is 8.99. The number of ether oxygens (including phenoxy) is 1. The molecule has 0 fully saturated rings. The van der Waals surface area contributed by atoms with Crippen molar-refractivity contribution in [1.82, 2.24) is 5.32 Å². The zero-order valence-electron chi connectivity index (χ0n) is 16.4. The van der Waals surface area contributed by atoms with E-state index in [0.29, 0.717) is 17.9 Å². The summed E-state index contributed by atoms with van der Waals surface area (Å²) in [6, 6.07) is 0. The number of quaternary nitrogens is 1. The number of thioether (sulfide) groups is 1. The van der Waals surface area contributed by atoms with Crippen LogP contribution >= 0.6 is 11.8 Å². The Hall–Kier alpha value is -1.01. The van der Waals surface area contributed by atoms with Crippen LogP contribution in [0, 0.1) is 5.41 Å². The fourth-order valence-electron chi connectivity index (χ4n) is 2.61. The molecule has 1 N–H and O–H groups in total. The molecule has 6 heteroatoms. The van der Waals surface area contributed by atoms with Gasteiger partial charge in [0.15, 0.2) is 0 Å². The highest BCUT2D eigenvalue weighted by Crippen LogP contribution is 2.31. The average Bonchev–Trinajstić information content (AvgIpc) is 2.40. The van der Waals surface area contributed by atoms with Crippen molar-refractivity contribution in [2.24, 2.45) is 5.41 Å². The molecule has 1 amide bonds. The topological polar surface area (TPSA) is 55.4 Å². The standard InChI is InChI=1S/C18H34N2O3S/c1-9-20(7,8)13-18(5,6)12-16(23-15(4)21)24-11-10-19-17(22)14(2)3/h16H,2,9-13H2,1,3-8H3/p+1. The van der Waals surface area contributed by atoms with E-state index in [2.05, 4.69) is 46.8 Å². The number of esters is 1. The average molecular weight is 360 g/mol. The Labute approximate surface area is 151 Å². The van der Waals surface area contributed by atoms with Crippen molar-refractivity contribution in [3.8, 4) is 0 Å². The molecule has 0 aliphatic carbocycles. The summed E-state index contributed by atoms with van der Waals surface area (Å²) < 4.78 is 6.41. The van der Waals surface area contributed by atoms with E-state index < -0.39 is 0 Å². The molecule has 0 aromatic rings. The monoisotopic (exact) mass is 359 g/mol. The van der Waals surface area contributed by atoms with E-state index in [4.69, 9.17) is 4.74 Å². The van der Waals surface area contributed by atoms with Gasteiger partial charge in [-0.25, -0.2) is 0 Å². The fraction of sp³-hybridized carbons (Fsp3) is 0.778. The predicted molar refractivity (Wildman–Crippen MR) is 102 cm³/mol. The number of amides is 1. The SMILES string of the molecule is C=C(C)C(=O)NCCSC(CC(C)(C)C[N+](C)(C)CC)OC(C)=O. The van der Waals surface area contributed by atoms with Gasteiger partial charge in [0.2, 0.25) is 5.91 Å². The molecule has 5 nitrogen and oxygen atoms in total. The first kappa shape index (κ1) is 23.0. The zero-order chi connectivity index (χ0) is 19.0. The van der Waals surface area contributed by atoms with Crippen LogP contribution in [0.3, 0.4) is 0 Å². The maximum atomic E-state index is 11.5. The summed E-state index contributed by atoms with van der Waals surface area (Å²) in [5, 5.41) is 2.80. The molecular weight excluding hydrogens is 324 g/mol. The van der Waals surface area contributed by atoms with Crippen molar-refractivity contribution in [1.29, 1.82) is 0 Å². The minimum absolute atomic E-state index is 0.0492. The Kier molecular flexibility index (Phi) is 9.66. The number of rotatable bonds is 11. The second-order valence-electron chi connectivity index (χ2n) is 7.72. The van der Waals surface area contributed by atoms with E-state index in [9.17, 15) is 9.59 Å². The van der Waals surface area contributed by atoms with E-state index in [1.54, 1.807) is 18.7 Å². The fourth-order valence-corrected chi connectivity index (χ4v) is 3.87. The molecule has 0 saturated carbocycles. The zero-order valence-corrected chi connectivity index (χ0v) is 17.2. The van der Waals surface area contributed by atoms with Crippen molar-refractivity contribution in [3.05, 3.63) is 12.2 Å². The van der Waals surface area contributed by atoms with Gasteiger partial charge < -0.3 is 14.5 Å². The Morgan fingerprint density at radius 3 is 2.33 bits per heavy atom. The minimum atomic E-state index is -0.265. The summed E-state index contributed by atoms with van der Waals surface area (Å²) in [5.41, 5.74) is 0.349. The van der Waals surface area contributed by atoms with Gasteiger partial charge in [-0.3, -0.25) is 9.59 Å². The van der Waals surface area contributed by atoms with Gasteiger partial charge >= 0.3 is 5.97 Å². The summed E-state index contributed by atoms with van der Waals surface area (Å²) in [6.07, 6.45) is 0.785. The van der Waals surface area contributed by atoms with Gasteiger partial charge in [0.25, 0.3) is 0 Å². The molecular formula is C18H35N2O3S+. The molecule has 0 aliphatic rings. The van der Waals surface area contributed by atoms with Gasteiger partial charge in [-0.1, -0.05) is 20.4 Å². The number of hydrogen-bond donors (Lipinski definition) is 1. The Balaban J connectivity index is 4.57. The maximum absolute atomic E-state index is 11.5. The molecule has 0 aliphatic heterocycles. The Morgan fingerprint density at radius 1 is 1.29 bits per heavy atom. The van der Waals surface area contributed by atoms with E-state index in [-0.39, 0.29) is 22.7 Å². The molecule has 0 spiro atoms. The molecule has 1 atom stereocenters. The van der Waals surface area contributed by atoms with Gasteiger partial charge in [0.1, 0.15) is 5.44 Å². The summed E-state index contributed by atoms with van der Waals surface area (Å²) in [5.74, 6) is 0.291. The first-order valence-electron chi connectivity index (χ1n) is 8.43. The van der Waals surface area contributed by atoms with Crippen LogP contribution in [-0.2, 0) is 14.3 Å². The van der Waals surface area contributed by atoms with E-state index in [0.717, 1.165) is 24.0 Å². The van der Waals surface area contributed by atoms with Crippen LogP contribution in [0.1, 0.15) is 41.0 Å². The molecule has 0 saturated heterocycles. The van der Waals surface area contributed by atoms with Crippen LogP contribution in [0.25, 0.3) is 0 Å². The van der Waals surface area contributed by atoms with E-state index >= 15 is 0 Å². The number of nitrogens with zero attached hydrogens (tertiary/aromatic N) is 1. The first-order valence-corrected chi connectivity index (χ1v) is 9.48. The third kappa shape index (κ3) is 10.7. The largest absolute Gasteiger partial charge is 0.451 e. The van der Waals surface area contributed by atoms with Gasteiger partial charge in [0, 0.05) is 36.6 Å². The highest BCUT2D eigenvalue weighted by molar-refractivity contribution is 7.99. The van der Waals surface area contributed by atoms with Crippen LogP contribution in [0.15, 0.2) is 12.2 Å². The van der Waals surface area contributed by atoms with Gasteiger partial charge in [-0.05, 0) is 13.8 Å². The summed E-state index contributed by atoms with van der Waals surface area (Å²) >= 11 is 1.57. The summed E-state index contributed by atoms with van der Waals surface area (Å²) in [7, 11) is 4.42. The Morgan fingerprint density at radius 2 is 1.88 bits per heavy atom. The molecule has 24 heavy (non-hydrogen) atoms. The first-order chi connectivity index (χ1) is 10.9. The number of hydrogen-bond acceptors (Lipinski definition) is 4. The third-order valence-corrected chi connectivity index (χ3v) is 4.88. The molecule has 140 valence electrons. The molecule has 0 heterocycles. The number of carbonyl (C=O) groups is 2. The molecule has 0 aromatic heterocycles. The number of carbonyl (C=O) groups excluding carboxylic acids is 2. The smallest absolute Gasteiger partial charge is 0.303 e. The van der Waals surface area contributed by atoms with E-state index in [1.807, 2.05) is 0 Å². The van der Waals surface area contributed by atoms with Crippen LogP contribution in [0.2, 0.25) is 0 Å². The lowest BCUT2D eigenvalue weighted by Crippen LogP contribution is -2.47. The Bertz CT molecular complexity index is 448. The van der Waals surface area contributed by atoms with Crippen LogP contribution in [0.5, 0.6) is 0 Å². The van der Waals surface area contributed by atoms with Crippen molar-refractivity contribution in [3.63, 3.8) is 0 Å². The van der Waals surface area contributed by atoms with Gasteiger partial charge in [-0.2, -0.15) is 0 Å². The molecule has 0 aromatic carbocycles. The predicted octanol–water partition coefficient (Wildman–Crippen LogP) is 2.81. The normalized spacial score (nSPS) is 13.3.